The summed E-state index contributed by atoms with van der Waals surface area (Å²) in [6.07, 6.45) is 8.93. The van der Waals surface area contributed by atoms with Crippen molar-refractivity contribution in [3.8, 4) is 0 Å². The molecule has 0 bridgehead atoms. The maximum absolute atomic E-state index is 13.2. The van der Waals surface area contributed by atoms with Gasteiger partial charge in [0.05, 0.1) is 6.04 Å². The van der Waals surface area contributed by atoms with Crippen molar-refractivity contribution in [3.05, 3.63) is 66.1 Å². The van der Waals surface area contributed by atoms with E-state index < -0.39 is 0 Å². The maximum Gasteiger partial charge on any atom is 0.276 e. The van der Waals surface area contributed by atoms with E-state index >= 15 is 0 Å². The molecule has 1 saturated carbocycles. The van der Waals surface area contributed by atoms with Gasteiger partial charge >= 0.3 is 0 Å². The number of carbonyl (C=O) groups excluding carboxylic acids is 1. The molecule has 1 atom stereocenters. The molecule has 1 aliphatic carbocycles. The minimum atomic E-state index is -0.272. The zero-order valence-corrected chi connectivity index (χ0v) is 13.3. The highest BCUT2D eigenvalue weighted by Gasteiger charge is 2.37. The Morgan fingerprint density at radius 3 is 2.54 bits per heavy atom. The van der Waals surface area contributed by atoms with Crippen LogP contribution in [-0.4, -0.2) is 32.2 Å². The number of aromatic nitrogens is 3. The first-order chi connectivity index (χ1) is 11.6. The van der Waals surface area contributed by atoms with E-state index in [0.29, 0.717) is 17.3 Å². The highest BCUT2D eigenvalue weighted by molar-refractivity contribution is 5.97. The normalized spacial score (nSPS) is 15.4. The molecule has 0 N–H and O–H groups in total. The van der Waals surface area contributed by atoms with Gasteiger partial charge in [-0.15, -0.1) is 0 Å². The molecule has 5 nitrogen and oxygen atoms in total. The Balaban J connectivity index is 1.70. The number of imidazole rings is 1. The van der Waals surface area contributed by atoms with Gasteiger partial charge in [-0.3, -0.25) is 4.79 Å². The van der Waals surface area contributed by atoms with Crippen LogP contribution in [0.15, 0.2) is 49.1 Å². The fourth-order valence-corrected chi connectivity index (χ4v) is 3.18. The van der Waals surface area contributed by atoms with Crippen LogP contribution in [0.25, 0.3) is 5.65 Å². The quantitative estimate of drug-likeness (QED) is 0.741. The van der Waals surface area contributed by atoms with Gasteiger partial charge in [-0.1, -0.05) is 12.1 Å². The van der Waals surface area contributed by atoms with E-state index in [0.717, 1.165) is 18.4 Å². The Morgan fingerprint density at radius 1 is 1.21 bits per heavy atom. The van der Waals surface area contributed by atoms with Gasteiger partial charge in [-0.05, 0) is 36.5 Å². The van der Waals surface area contributed by atoms with Crippen LogP contribution in [0, 0.1) is 11.7 Å². The summed E-state index contributed by atoms with van der Waals surface area (Å²) in [5.74, 6) is -0.0389. The molecule has 0 spiro atoms. The first kappa shape index (κ1) is 14.8. The van der Waals surface area contributed by atoms with Crippen LogP contribution in [0.4, 0.5) is 4.39 Å². The number of carbonyl (C=O) groups is 1. The topological polar surface area (TPSA) is 50.5 Å². The molecule has 6 heteroatoms. The van der Waals surface area contributed by atoms with Crippen LogP contribution in [0.3, 0.4) is 0 Å². The van der Waals surface area contributed by atoms with Gasteiger partial charge in [0.25, 0.3) is 5.91 Å². The number of benzene rings is 1. The lowest BCUT2D eigenvalue weighted by atomic mass is 10.0. The molecule has 0 radical (unpaired) electrons. The van der Waals surface area contributed by atoms with Crippen LogP contribution < -0.4 is 0 Å². The predicted octanol–water partition coefficient (Wildman–Crippen LogP) is 3.09. The highest BCUT2D eigenvalue weighted by atomic mass is 19.1. The van der Waals surface area contributed by atoms with Crippen molar-refractivity contribution in [2.24, 2.45) is 5.92 Å². The predicted molar refractivity (Wildman–Crippen MR) is 86.9 cm³/mol. The van der Waals surface area contributed by atoms with E-state index in [2.05, 4.69) is 9.97 Å². The second-order valence-corrected chi connectivity index (χ2v) is 6.18. The molecule has 2 aromatic heterocycles. The zero-order chi connectivity index (χ0) is 16.7. The molecule has 1 aliphatic rings. The number of rotatable bonds is 4. The minimum absolute atomic E-state index is 0.0740. The number of fused-ring (bicyclic) bond motifs is 1. The molecule has 24 heavy (non-hydrogen) atoms. The van der Waals surface area contributed by atoms with Crippen molar-refractivity contribution < 1.29 is 9.18 Å². The average molecular weight is 324 g/mol. The number of halogens is 1. The summed E-state index contributed by atoms with van der Waals surface area (Å²) in [5, 5.41) is 0. The van der Waals surface area contributed by atoms with Crippen molar-refractivity contribution in [2.45, 2.75) is 18.9 Å². The Morgan fingerprint density at radius 2 is 1.88 bits per heavy atom. The van der Waals surface area contributed by atoms with Gasteiger partial charge in [-0.2, -0.15) is 0 Å². The third-order valence-corrected chi connectivity index (χ3v) is 4.53. The third kappa shape index (κ3) is 2.54. The van der Waals surface area contributed by atoms with Gasteiger partial charge in [0.2, 0.25) is 0 Å². The third-order valence-electron chi connectivity index (χ3n) is 4.53. The summed E-state index contributed by atoms with van der Waals surface area (Å²) < 4.78 is 15.0. The van der Waals surface area contributed by atoms with Crippen LogP contribution in [0.5, 0.6) is 0 Å². The lowest BCUT2D eigenvalue weighted by molar-refractivity contribution is 0.0706. The van der Waals surface area contributed by atoms with E-state index in [-0.39, 0.29) is 17.8 Å². The number of hydrogen-bond acceptors (Lipinski definition) is 3. The molecule has 1 amide bonds. The van der Waals surface area contributed by atoms with Crippen molar-refractivity contribution in [3.63, 3.8) is 0 Å². The monoisotopic (exact) mass is 324 g/mol. The Bertz CT molecular complexity index is 885. The van der Waals surface area contributed by atoms with Gasteiger partial charge in [-0.25, -0.2) is 14.4 Å². The van der Waals surface area contributed by atoms with Crippen LogP contribution in [0.1, 0.15) is 34.9 Å². The number of nitrogens with zero attached hydrogens (tertiary/aromatic N) is 4. The zero-order valence-electron chi connectivity index (χ0n) is 13.3. The van der Waals surface area contributed by atoms with Crippen molar-refractivity contribution >= 4 is 11.6 Å². The summed E-state index contributed by atoms with van der Waals surface area (Å²) in [7, 11) is 1.78. The largest absolute Gasteiger partial charge is 0.333 e. The Kier molecular flexibility index (Phi) is 3.52. The molecule has 0 saturated heterocycles. The van der Waals surface area contributed by atoms with Crippen molar-refractivity contribution in [1.82, 2.24) is 19.3 Å². The summed E-state index contributed by atoms with van der Waals surface area (Å²) in [6, 6.07) is 6.32. The van der Waals surface area contributed by atoms with E-state index in [9.17, 15) is 9.18 Å². The molecule has 0 aliphatic heterocycles. The van der Waals surface area contributed by atoms with Gasteiger partial charge in [0.15, 0.2) is 11.3 Å². The smallest absolute Gasteiger partial charge is 0.276 e. The molecule has 1 fully saturated rings. The second-order valence-electron chi connectivity index (χ2n) is 6.18. The Labute approximate surface area is 138 Å². The fraction of sp³-hybridized carbons (Fsp3) is 0.278. The lowest BCUT2D eigenvalue weighted by Gasteiger charge is -2.28. The van der Waals surface area contributed by atoms with Crippen LogP contribution in [-0.2, 0) is 0 Å². The maximum atomic E-state index is 13.2. The number of hydrogen-bond donors (Lipinski definition) is 0. The molecule has 0 unspecified atom stereocenters. The summed E-state index contributed by atoms with van der Waals surface area (Å²) in [4.78, 5) is 23.2. The SMILES string of the molecule is CN(C(=O)c1nccn2ccnc12)[C@@H](c1ccc(F)cc1)C1CC1. The molecule has 2 heterocycles. The molecule has 1 aromatic carbocycles. The second kappa shape index (κ2) is 5.70. The molecular formula is C18H17FN4O. The summed E-state index contributed by atoms with van der Waals surface area (Å²) >= 11 is 0. The van der Waals surface area contributed by atoms with E-state index in [1.807, 2.05) is 0 Å². The van der Waals surface area contributed by atoms with Gasteiger partial charge in [0.1, 0.15) is 5.82 Å². The molecule has 122 valence electrons. The highest BCUT2D eigenvalue weighted by Crippen LogP contribution is 2.44. The number of amides is 1. The molecule has 4 rings (SSSR count). The Hall–Kier alpha value is -2.76. The minimum Gasteiger partial charge on any atom is -0.333 e. The molecule has 3 aromatic rings. The van der Waals surface area contributed by atoms with Gasteiger partial charge in [0, 0.05) is 31.8 Å². The summed E-state index contributed by atoms with van der Waals surface area (Å²) in [5.41, 5.74) is 1.82. The van der Waals surface area contributed by atoms with E-state index in [1.165, 1.54) is 12.1 Å². The van der Waals surface area contributed by atoms with E-state index in [1.54, 1.807) is 53.3 Å². The van der Waals surface area contributed by atoms with Gasteiger partial charge < -0.3 is 9.30 Å². The average Bonchev–Trinajstić information content (AvgIpc) is 3.30. The standard InChI is InChI=1S/C18H17FN4O/c1-22(16(12-2-3-12)13-4-6-14(19)7-5-13)18(24)15-17-21-9-11-23(17)10-8-20-15/h4-12,16H,2-3H2,1H3/t16-/m1/s1. The fourth-order valence-electron chi connectivity index (χ4n) is 3.18. The van der Waals surface area contributed by atoms with Crippen LogP contribution >= 0.6 is 0 Å². The van der Waals surface area contributed by atoms with E-state index in [4.69, 9.17) is 0 Å². The lowest BCUT2D eigenvalue weighted by Crippen LogP contribution is -2.33. The first-order valence-electron chi connectivity index (χ1n) is 7.95. The van der Waals surface area contributed by atoms with Crippen LogP contribution in [0.2, 0.25) is 0 Å². The van der Waals surface area contributed by atoms with Crippen molar-refractivity contribution in [1.29, 1.82) is 0 Å². The molecular weight excluding hydrogens is 307 g/mol. The summed E-state index contributed by atoms with van der Waals surface area (Å²) in [6.45, 7) is 0. The van der Waals surface area contributed by atoms with Crippen molar-refractivity contribution in [2.75, 3.05) is 7.05 Å². The first-order valence-corrected chi connectivity index (χ1v) is 7.95.